The van der Waals surface area contributed by atoms with Crippen LogP contribution in [0.15, 0.2) is 48.5 Å². The average molecular weight is 287 g/mol. The molecule has 3 N–H and O–H groups in total. The first-order valence-corrected chi connectivity index (χ1v) is 7.32. The zero-order valence-electron chi connectivity index (χ0n) is 11.7. The van der Waals surface area contributed by atoms with E-state index in [1.165, 1.54) is 0 Å². The first kappa shape index (κ1) is 11.6. The van der Waals surface area contributed by atoms with E-state index in [0.717, 1.165) is 44.3 Å². The normalized spacial score (nSPS) is 13.7. The minimum Gasteiger partial charge on any atom is -0.353 e. The number of nitrogens with one attached hydrogen (secondary N) is 3. The molecule has 4 aromatic rings. The first-order chi connectivity index (χ1) is 10.8. The van der Waals surface area contributed by atoms with Gasteiger partial charge in [0, 0.05) is 33.9 Å². The maximum absolute atomic E-state index is 12.5. The molecule has 106 valence electrons. The van der Waals surface area contributed by atoms with Crippen molar-refractivity contribution in [1.29, 1.82) is 0 Å². The fraction of sp³-hybridized carbons (Fsp3) is 0.0556. The number of amides is 1. The molecule has 0 atom stereocenters. The lowest BCUT2D eigenvalue weighted by Crippen LogP contribution is -2.21. The number of fused-ring (bicyclic) bond motifs is 7. The quantitative estimate of drug-likeness (QED) is 0.455. The summed E-state index contributed by atoms with van der Waals surface area (Å²) >= 11 is 0. The third-order valence-corrected chi connectivity index (χ3v) is 4.42. The predicted molar refractivity (Wildman–Crippen MR) is 86.8 cm³/mol. The summed E-state index contributed by atoms with van der Waals surface area (Å²) in [5, 5.41) is 5.15. The van der Waals surface area contributed by atoms with Gasteiger partial charge in [0.05, 0.1) is 17.0 Å². The van der Waals surface area contributed by atoms with Crippen molar-refractivity contribution in [1.82, 2.24) is 15.3 Å². The summed E-state index contributed by atoms with van der Waals surface area (Å²) in [6, 6.07) is 16.1. The van der Waals surface area contributed by atoms with Gasteiger partial charge in [-0.05, 0) is 12.1 Å². The largest absolute Gasteiger partial charge is 0.353 e. The maximum Gasteiger partial charge on any atom is 0.254 e. The molecular formula is C18H13N3O. The number of aromatic amines is 2. The number of carbonyl (C=O) groups excluding carboxylic acids is 1. The molecule has 1 amide bonds. The summed E-state index contributed by atoms with van der Waals surface area (Å²) in [5.74, 6) is -0.0267. The lowest BCUT2D eigenvalue weighted by atomic mass is 10.1. The van der Waals surface area contributed by atoms with Gasteiger partial charge in [0.2, 0.25) is 0 Å². The van der Waals surface area contributed by atoms with Crippen LogP contribution in [0.5, 0.6) is 0 Å². The lowest BCUT2D eigenvalue weighted by molar-refractivity contribution is 0.0954. The smallest absolute Gasteiger partial charge is 0.254 e. The molecule has 2 aromatic carbocycles. The van der Waals surface area contributed by atoms with Crippen LogP contribution in [0.1, 0.15) is 15.9 Å². The summed E-state index contributed by atoms with van der Waals surface area (Å²) in [6.45, 7) is 0.537. The van der Waals surface area contributed by atoms with Crippen LogP contribution >= 0.6 is 0 Å². The molecule has 0 bridgehead atoms. The molecule has 3 heterocycles. The summed E-state index contributed by atoms with van der Waals surface area (Å²) < 4.78 is 0. The molecule has 1 aliphatic heterocycles. The third-order valence-electron chi connectivity index (χ3n) is 4.42. The molecule has 0 saturated carbocycles. The molecule has 4 heteroatoms. The maximum atomic E-state index is 12.5. The van der Waals surface area contributed by atoms with Crippen molar-refractivity contribution in [3.05, 3.63) is 59.7 Å². The fourth-order valence-electron chi connectivity index (χ4n) is 3.42. The molecule has 0 aliphatic carbocycles. The first-order valence-electron chi connectivity index (χ1n) is 7.32. The van der Waals surface area contributed by atoms with Crippen molar-refractivity contribution in [2.45, 2.75) is 6.54 Å². The number of hydrogen-bond acceptors (Lipinski definition) is 1. The monoisotopic (exact) mass is 287 g/mol. The van der Waals surface area contributed by atoms with Gasteiger partial charge in [0.1, 0.15) is 0 Å². The van der Waals surface area contributed by atoms with E-state index in [1.54, 1.807) is 0 Å². The zero-order chi connectivity index (χ0) is 14.7. The molecule has 0 fully saturated rings. The number of carbonyl (C=O) groups is 1. The molecular weight excluding hydrogens is 274 g/mol. The molecule has 4 nitrogen and oxygen atoms in total. The van der Waals surface area contributed by atoms with E-state index in [4.69, 9.17) is 0 Å². The molecule has 22 heavy (non-hydrogen) atoms. The summed E-state index contributed by atoms with van der Waals surface area (Å²) in [6.07, 6.45) is 0. The minimum atomic E-state index is -0.0267. The lowest BCUT2D eigenvalue weighted by Gasteiger charge is -2.01. The van der Waals surface area contributed by atoms with Crippen molar-refractivity contribution >= 4 is 27.7 Å². The number of para-hydroxylation sites is 2. The van der Waals surface area contributed by atoms with Gasteiger partial charge in [-0.1, -0.05) is 36.4 Å². The topological polar surface area (TPSA) is 60.7 Å². The van der Waals surface area contributed by atoms with E-state index in [0.29, 0.717) is 6.54 Å². The molecule has 0 radical (unpaired) electrons. The number of aromatic nitrogens is 2. The number of H-pyrrole nitrogens is 2. The van der Waals surface area contributed by atoms with Crippen molar-refractivity contribution in [2.75, 3.05) is 0 Å². The van der Waals surface area contributed by atoms with E-state index in [2.05, 4.69) is 27.4 Å². The van der Waals surface area contributed by atoms with Crippen LogP contribution in [0.25, 0.3) is 33.2 Å². The summed E-state index contributed by atoms with van der Waals surface area (Å²) in [4.78, 5) is 19.4. The van der Waals surface area contributed by atoms with E-state index in [-0.39, 0.29) is 5.91 Å². The van der Waals surface area contributed by atoms with Gasteiger partial charge in [-0.25, -0.2) is 0 Å². The Bertz CT molecular complexity index is 1050. The van der Waals surface area contributed by atoms with Crippen LogP contribution in [0.3, 0.4) is 0 Å². The van der Waals surface area contributed by atoms with E-state index in [9.17, 15) is 4.79 Å². The van der Waals surface area contributed by atoms with Crippen molar-refractivity contribution in [3.8, 4) is 11.4 Å². The second kappa shape index (κ2) is 4.01. The standard InChI is InChI=1S/C18H13N3O/c22-18-15-11-6-2-4-8-14(11)21-17(15)16-12(9-19-18)10-5-1-3-7-13(10)20-16/h1-8,20-21H,9H2,(H,19,22). The Labute approximate surface area is 126 Å². The van der Waals surface area contributed by atoms with Gasteiger partial charge in [0.25, 0.3) is 5.91 Å². The van der Waals surface area contributed by atoms with Crippen LogP contribution in [0.4, 0.5) is 0 Å². The van der Waals surface area contributed by atoms with Crippen LogP contribution < -0.4 is 5.32 Å². The van der Waals surface area contributed by atoms with Crippen LogP contribution in [0.2, 0.25) is 0 Å². The Kier molecular flexibility index (Phi) is 2.12. The number of rotatable bonds is 0. The van der Waals surface area contributed by atoms with Crippen LogP contribution in [0, 0.1) is 0 Å². The molecule has 0 unspecified atom stereocenters. The Morgan fingerprint density at radius 2 is 1.41 bits per heavy atom. The Balaban J connectivity index is 1.94. The molecule has 1 aliphatic rings. The number of benzene rings is 2. The van der Waals surface area contributed by atoms with Gasteiger partial charge in [0.15, 0.2) is 0 Å². The molecule has 5 rings (SSSR count). The summed E-state index contributed by atoms with van der Waals surface area (Å²) in [7, 11) is 0. The van der Waals surface area contributed by atoms with Gasteiger partial charge in [-0.3, -0.25) is 4.79 Å². The highest BCUT2D eigenvalue weighted by Gasteiger charge is 2.26. The third kappa shape index (κ3) is 1.39. The predicted octanol–water partition coefficient (Wildman–Crippen LogP) is 3.56. The fourth-order valence-corrected chi connectivity index (χ4v) is 3.42. The highest BCUT2D eigenvalue weighted by Crippen LogP contribution is 2.36. The van der Waals surface area contributed by atoms with E-state index < -0.39 is 0 Å². The van der Waals surface area contributed by atoms with Gasteiger partial charge in [-0.2, -0.15) is 0 Å². The second-order valence-electron chi connectivity index (χ2n) is 5.63. The Morgan fingerprint density at radius 1 is 0.773 bits per heavy atom. The van der Waals surface area contributed by atoms with Gasteiger partial charge in [-0.15, -0.1) is 0 Å². The zero-order valence-corrected chi connectivity index (χ0v) is 11.7. The van der Waals surface area contributed by atoms with Gasteiger partial charge < -0.3 is 15.3 Å². The summed E-state index contributed by atoms with van der Waals surface area (Å²) in [5.41, 5.74) is 5.81. The van der Waals surface area contributed by atoms with Gasteiger partial charge >= 0.3 is 0 Å². The minimum absolute atomic E-state index is 0.0267. The Morgan fingerprint density at radius 3 is 2.23 bits per heavy atom. The second-order valence-corrected chi connectivity index (χ2v) is 5.63. The Hall–Kier alpha value is -3.01. The van der Waals surface area contributed by atoms with E-state index in [1.807, 2.05) is 36.4 Å². The van der Waals surface area contributed by atoms with Crippen molar-refractivity contribution < 1.29 is 4.79 Å². The van der Waals surface area contributed by atoms with Crippen molar-refractivity contribution in [2.24, 2.45) is 0 Å². The van der Waals surface area contributed by atoms with E-state index >= 15 is 0 Å². The van der Waals surface area contributed by atoms with Crippen LogP contribution in [-0.2, 0) is 6.54 Å². The number of hydrogen-bond donors (Lipinski definition) is 3. The average Bonchev–Trinajstić information content (AvgIpc) is 3.07. The van der Waals surface area contributed by atoms with Crippen molar-refractivity contribution in [3.63, 3.8) is 0 Å². The van der Waals surface area contributed by atoms with Crippen LogP contribution in [-0.4, -0.2) is 15.9 Å². The molecule has 2 aromatic heterocycles. The molecule has 0 saturated heterocycles. The highest BCUT2D eigenvalue weighted by molar-refractivity contribution is 6.14. The highest BCUT2D eigenvalue weighted by atomic mass is 16.1. The molecule has 0 spiro atoms. The SMILES string of the molecule is O=C1NCc2c([nH]c3ccccc23)-c2[nH]c3ccccc3c21.